The van der Waals surface area contributed by atoms with Crippen molar-refractivity contribution in [1.29, 1.82) is 0 Å². The van der Waals surface area contributed by atoms with Crippen molar-refractivity contribution in [3.8, 4) is 11.5 Å². The molecule has 3 amide bonds. The van der Waals surface area contributed by atoms with Gasteiger partial charge in [0.05, 0.1) is 6.20 Å². The second-order valence-electron chi connectivity index (χ2n) is 7.89. The van der Waals surface area contributed by atoms with Gasteiger partial charge in [-0.15, -0.1) is 0 Å². The van der Waals surface area contributed by atoms with Crippen LogP contribution in [-0.4, -0.2) is 68.1 Å². The van der Waals surface area contributed by atoms with Crippen molar-refractivity contribution in [3.63, 3.8) is 0 Å². The molecule has 3 aromatic heterocycles. The first-order valence-corrected chi connectivity index (χ1v) is 10.3. The average molecular weight is 508 g/mol. The van der Waals surface area contributed by atoms with E-state index in [2.05, 4.69) is 20.4 Å². The molecule has 36 heavy (non-hydrogen) atoms. The number of oxazole rings is 1. The number of carbonyl (C=O) groups excluding carboxylic acids is 2. The number of rotatable bonds is 6. The topological polar surface area (TPSA) is 173 Å². The zero-order chi connectivity index (χ0) is 26.2. The van der Waals surface area contributed by atoms with Crippen molar-refractivity contribution in [2.45, 2.75) is 18.6 Å². The fraction of sp³-hybridized carbons (Fsp3) is 0.300. The van der Waals surface area contributed by atoms with Gasteiger partial charge in [0, 0.05) is 37.8 Å². The van der Waals surface area contributed by atoms with Crippen LogP contribution >= 0.6 is 0 Å². The molecule has 0 spiro atoms. The van der Waals surface area contributed by atoms with E-state index >= 15 is 0 Å². The van der Waals surface area contributed by atoms with Crippen LogP contribution in [0.1, 0.15) is 16.9 Å². The van der Waals surface area contributed by atoms with Crippen LogP contribution in [-0.2, 0) is 11.8 Å². The number of pyridine rings is 1. The van der Waals surface area contributed by atoms with E-state index in [1.807, 2.05) is 0 Å². The molecule has 4 heterocycles. The maximum atomic E-state index is 12.8. The summed E-state index contributed by atoms with van der Waals surface area (Å²) in [5, 5.41) is 16.0. The molecule has 0 saturated carbocycles. The highest BCUT2D eigenvalue weighted by Crippen LogP contribution is 2.29. The fourth-order valence-corrected chi connectivity index (χ4v) is 3.53. The van der Waals surface area contributed by atoms with Gasteiger partial charge in [0.25, 0.3) is 5.91 Å². The molecule has 4 N–H and O–H groups in total. The monoisotopic (exact) mass is 508 g/mol. The van der Waals surface area contributed by atoms with Gasteiger partial charge >= 0.3 is 12.3 Å². The Morgan fingerprint density at radius 3 is 2.78 bits per heavy atom. The summed E-state index contributed by atoms with van der Waals surface area (Å²) in [6.45, 7) is -1.53. The van der Waals surface area contributed by atoms with Gasteiger partial charge in [-0.05, 0) is 12.1 Å². The molecule has 0 aliphatic carbocycles. The number of halogens is 3. The molecule has 0 aromatic carbocycles. The van der Waals surface area contributed by atoms with Crippen molar-refractivity contribution >= 4 is 35.2 Å². The van der Waals surface area contributed by atoms with Crippen molar-refractivity contribution in [3.05, 3.63) is 36.5 Å². The van der Waals surface area contributed by atoms with Gasteiger partial charge in [-0.1, -0.05) is 0 Å². The summed E-state index contributed by atoms with van der Waals surface area (Å²) in [5.41, 5.74) is 5.96. The Balaban J connectivity index is 1.54. The van der Waals surface area contributed by atoms with Gasteiger partial charge in [0.1, 0.15) is 24.3 Å². The van der Waals surface area contributed by atoms with Gasteiger partial charge in [-0.25, -0.2) is 14.8 Å². The van der Waals surface area contributed by atoms with Crippen molar-refractivity contribution in [2.75, 3.05) is 28.2 Å². The summed E-state index contributed by atoms with van der Waals surface area (Å²) in [5.74, 6) is -1.41. The van der Waals surface area contributed by atoms with E-state index in [4.69, 9.17) is 15.3 Å². The summed E-state index contributed by atoms with van der Waals surface area (Å²) >= 11 is 0. The highest BCUT2D eigenvalue weighted by atomic mass is 19.4. The summed E-state index contributed by atoms with van der Waals surface area (Å²) in [6.07, 6.45) is -2.91. The molecule has 0 radical (unpaired) electrons. The van der Waals surface area contributed by atoms with Crippen molar-refractivity contribution in [1.82, 2.24) is 19.7 Å². The lowest BCUT2D eigenvalue weighted by atomic mass is 10.2. The molecule has 1 aliphatic rings. The van der Waals surface area contributed by atoms with E-state index in [1.54, 1.807) is 7.05 Å². The predicted octanol–water partition coefficient (Wildman–Crippen LogP) is 1.83. The average Bonchev–Trinajstić information content (AvgIpc) is 3.50. The minimum Gasteiger partial charge on any atom is -0.465 e. The molecule has 1 saturated heterocycles. The van der Waals surface area contributed by atoms with E-state index in [9.17, 15) is 27.6 Å². The maximum absolute atomic E-state index is 12.8. The quantitative estimate of drug-likeness (QED) is 0.449. The largest absolute Gasteiger partial charge is 0.465 e. The molecule has 1 atom stereocenters. The first kappa shape index (κ1) is 24.6. The van der Waals surface area contributed by atoms with Crippen LogP contribution in [0.25, 0.3) is 11.5 Å². The third-order valence-corrected chi connectivity index (χ3v) is 5.04. The molecule has 3 aromatic rings. The number of carboxylic acid groups (broad SMARTS) is 1. The summed E-state index contributed by atoms with van der Waals surface area (Å²) in [7, 11) is 1.61. The molecule has 1 aliphatic heterocycles. The number of anilines is 3. The number of nitrogens with one attached hydrogen (secondary N) is 1. The van der Waals surface area contributed by atoms with Crippen LogP contribution in [0.3, 0.4) is 0 Å². The molecule has 4 rings (SSSR count). The highest BCUT2D eigenvalue weighted by molar-refractivity contribution is 6.06. The summed E-state index contributed by atoms with van der Waals surface area (Å²) < 4.78 is 45.0. The number of nitrogens with zero attached hydrogens (tertiary/aromatic N) is 6. The number of hydrogen-bond donors (Lipinski definition) is 3. The van der Waals surface area contributed by atoms with Crippen LogP contribution in [0.15, 0.2) is 35.2 Å². The molecule has 13 nitrogen and oxygen atoms in total. The van der Waals surface area contributed by atoms with Crippen LogP contribution in [0.4, 0.5) is 35.3 Å². The van der Waals surface area contributed by atoms with Gasteiger partial charge < -0.3 is 20.6 Å². The number of nitrogens with two attached hydrogens (primary N) is 1. The van der Waals surface area contributed by atoms with E-state index in [1.165, 1.54) is 21.8 Å². The number of amides is 3. The first-order chi connectivity index (χ1) is 16.9. The van der Waals surface area contributed by atoms with E-state index in [0.29, 0.717) is 0 Å². The van der Waals surface area contributed by atoms with Crippen LogP contribution < -0.4 is 20.9 Å². The molecule has 0 bridgehead atoms. The van der Waals surface area contributed by atoms with E-state index in [-0.39, 0.29) is 58.5 Å². The third-order valence-electron chi connectivity index (χ3n) is 5.04. The van der Waals surface area contributed by atoms with Crippen molar-refractivity contribution in [2.24, 2.45) is 12.8 Å². The maximum Gasteiger partial charge on any atom is 0.413 e. The Labute approximate surface area is 200 Å². The highest BCUT2D eigenvalue weighted by Gasteiger charge is 2.35. The normalized spacial score (nSPS) is 15.9. The van der Waals surface area contributed by atoms with Crippen LogP contribution in [0.5, 0.6) is 0 Å². The Hall–Kier alpha value is -4.47. The second kappa shape index (κ2) is 9.29. The molecular formula is C20H19F3N8O5. The minimum atomic E-state index is -4.79. The second-order valence-corrected chi connectivity index (χ2v) is 7.89. The van der Waals surface area contributed by atoms with Crippen LogP contribution in [0, 0.1) is 0 Å². The number of alkyl halides is 3. The molecule has 190 valence electrons. The van der Waals surface area contributed by atoms with Crippen LogP contribution in [0.2, 0.25) is 0 Å². The Morgan fingerprint density at radius 2 is 2.14 bits per heavy atom. The number of hydrogen-bond acceptors (Lipinski definition) is 8. The van der Waals surface area contributed by atoms with Gasteiger partial charge in [-0.3, -0.25) is 24.1 Å². The van der Waals surface area contributed by atoms with E-state index < -0.39 is 30.5 Å². The molecular weight excluding hydrogens is 489 g/mol. The lowest BCUT2D eigenvalue weighted by Gasteiger charge is -2.19. The standard InChI is InChI=1S/C20H19F3N8O5/c1-29-7-12(16(28-29)30-6-11(24)5-15(30)32)26-17(33)13-8-36-18(27-13)10-2-3-25-14(4-10)31(19(34)35)9-20(21,22)23/h2-4,7-8,11H,5-6,9,24H2,1H3,(H,26,33)(H,34,35)/t11-/m0/s1. The Morgan fingerprint density at radius 1 is 1.39 bits per heavy atom. The zero-order valence-corrected chi connectivity index (χ0v) is 18.6. The predicted molar refractivity (Wildman–Crippen MR) is 117 cm³/mol. The molecule has 16 heteroatoms. The molecule has 0 unspecified atom stereocenters. The summed E-state index contributed by atoms with van der Waals surface area (Å²) in [6, 6.07) is 2.00. The van der Waals surface area contributed by atoms with Gasteiger partial charge in [-0.2, -0.15) is 18.3 Å². The number of aromatic nitrogens is 4. The van der Waals surface area contributed by atoms with Crippen molar-refractivity contribution < 1.29 is 37.1 Å². The lowest BCUT2D eigenvalue weighted by Crippen LogP contribution is -2.38. The first-order valence-electron chi connectivity index (χ1n) is 10.3. The third kappa shape index (κ3) is 5.27. The smallest absolute Gasteiger partial charge is 0.413 e. The number of aryl methyl sites for hydroxylation is 1. The minimum absolute atomic E-state index is 0.0233. The Bertz CT molecular complexity index is 1320. The summed E-state index contributed by atoms with van der Waals surface area (Å²) in [4.78, 5) is 45.4. The number of carbonyl (C=O) groups is 3. The fourth-order valence-electron chi connectivity index (χ4n) is 3.53. The molecule has 1 fully saturated rings. The van der Waals surface area contributed by atoms with Gasteiger partial charge in [0.15, 0.2) is 11.5 Å². The zero-order valence-electron chi connectivity index (χ0n) is 18.6. The van der Waals surface area contributed by atoms with Gasteiger partial charge in [0.2, 0.25) is 11.8 Å². The SMILES string of the molecule is Cn1cc(NC(=O)c2coc(-c3ccnc(N(CC(F)(F)F)C(=O)O)c3)n2)c(N2C[C@@H](N)CC2=O)n1. The Kier molecular flexibility index (Phi) is 6.36. The lowest BCUT2D eigenvalue weighted by molar-refractivity contribution is -0.119. The van der Waals surface area contributed by atoms with E-state index in [0.717, 1.165) is 18.5 Å².